The molecule has 17 heavy (non-hydrogen) atoms. The molecule has 1 N–H and O–H groups in total. The van der Waals surface area contributed by atoms with Gasteiger partial charge in [-0.2, -0.15) is 18.2 Å². The molecule has 1 heterocycles. The number of nitrogens with zero attached hydrogens (tertiary/aromatic N) is 2. The maximum Gasteiger partial charge on any atom is 0.422 e. The molecule has 0 aliphatic rings. The number of carboxylic acids is 1. The van der Waals surface area contributed by atoms with Crippen LogP contribution in [0.25, 0.3) is 0 Å². The zero-order valence-corrected chi connectivity index (χ0v) is 8.78. The van der Waals surface area contributed by atoms with Crippen molar-refractivity contribution in [1.29, 1.82) is 0 Å². The van der Waals surface area contributed by atoms with E-state index in [1.807, 2.05) is 0 Å². The second-order valence-electron chi connectivity index (χ2n) is 3.07. The second-order valence-corrected chi connectivity index (χ2v) is 3.07. The van der Waals surface area contributed by atoms with Gasteiger partial charge in [-0.25, -0.2) is 9.78 Å². The maximum absolute atomic E-state index is 11.9. The summed E-state index contributed by atoms with van der Waals surface area (Å²) in [5.41, 5.74) is -0.394. The normalized spacial score (nSPS) is 11.3. The van der Waals surface area contributed by atoms with E-state index in [2.05, 4.69) is 14.7 Å². The van der Waals surface area contributed by atoms with E-state index in [0.717, 1.165) is 6.07 Å². The summed E-state index contributed by atoms with van der Waals surface area (Å²) in [7, 11) is 0. The molecule has 0 atom stereocenters. The lowest BCUT2D eigenvalue weighted by Gasteiger charge is -2.09. The topological polar surface area (TPSA) is 72.3 Å². The van der Waals surface area contributed by atoms with E-state index in [1.165, 1.54) is 0 Å². The standard InChI is InChI=1S/C9H9F3N2O3/c1-2-6-13-5(8(15)16)3-7(14-6)17-4-9(10,11)12/h3H,2,4H2,1H3,(H,15,16). The molecular formula is C9H9F3N2O3. The molecule has 94 valence electrons. The number of carboxylic acid groups (broad SMARTS) is 1. The highest BCUT2D eigenvalue weighted by Crippen LogP contribution is 2.17. The fourth-order valence-corrected chi connectivity index (χ4v) is 0.970. The van der Waals surface area contributed by atoms with E-state index in [9.17, 15) is 18.0 Å². The first-order valence-corrected chi connectivity index (χ1v) is 4.62. The molecular weight excluding hydrogens is 241 g/mol. The van der Waals surface area contributed by atoms with Crippen molar-refractivity contribution in [3.63, 3.8) is 0 Å². The van der Waals surface area contributed by atoms with Gasteiger partial charge in [-0.15, -0.1) is 0 Å². The molecule has 1 rings (SSSR count). The number of rotatable bonds is 4. The van der Waals surface area contributed by atoms with Crippen LogP contribution in [0, 0.1) is 0 Å². The fourth-order valence-electron chi connectivity index (χ4n) is 0.970. The number of ether oxygens (including phenoxy) is 1. The Labute approximate surface area is 94.3 Å². The summed E-state index contributed by atoms with van der Waals surface area (Å²) >= 11 is 0. The minimum atomic E-state index is -4.50. The van der Waals surface area contributed by atoms with Crippen molar-refractivity contribution in [3.05, 3.63) is 17.6 Å². The molecule has 0 aromatic carbocycles. The Hall–Kier alpha value is -1.86. The summed E-state index contributed by atoms with van der Waals surface area (Å²) in [6.07, 6.45) is -4.20. The van der Waals surface area contributed by atoms with Crippen LogP contribution in [0.1, 0.15) is 23.2 Å². The van der Waals surface area contributed by atoms with Gasteiger partial charge in [0.05, 0.1) is 0 Å². The molecule has 5 nitrogen and oxygen atoms in total. The van der Waals surface area contributed by atoms with Crippen molar-refractivity contribution in [1.82, 2.24) is 9.97 Å². The van der Waals surface area contributed by atoms with Gasteiger partial charge >= 0.3 is 12.1 Å². The summed E-state index contributed by atoms with van der Waals surface area (Å²) in [5.74, 6) is -1.63. The van der Waals surface area contributed by atoms with Crippen LogP contribution in [0.15, 0.2) is 6.07 Å². The minimum Gasteiger partial charge on any atom is -0.477 e. The van der Waals surface area contributed by atoms with Crippen molar-refractivity contribution in [2.75, 3.05) is 6.61 Å². The van der Waals surface area contributed by atoms with Crippen LogP contribution in [-0.4, -0.2) is 33.8 Å². The van der Waals surface area contributed by atoms with Gasteiger partial charge in [0.25, 0.3) is 0 Å². The number of hydrogen-bond acceptors (Lipinski definition) is 4. The smallest absolute Gasteiger partial charge is 0.422 e. The van der Waals surface area contributed by atoms with Crippen LogP contribution >= 0.6 is 0 Å². The number of halogens is 3. The molecule has 0 aliphatic heterocycles. The van der Waals surface area contributed by atoms with E-state index in [0.29, 0.717) is 6.42 Å². The van der Waals surface area contributed by atoms with Crippen molar-refractivity contribution in [3.8, 4) is 5.88 Å². The number of alkyl halides is 3. The Balaban J connectivity index is 2.91. The van der Waals surface area contributed by atoms with E-state index in [-0.39, 0.29) is 5.82 Å². The molecule has 8 heteroatoms. The van der Waals surface area contributed by atoms with E-state index in [4.69, 9.17) is 5.11 Å². The zero-order chi connectivity index (χ0) is 13.1. The van der Waals surface area contributed by atoms with Gasteiger partial charge in [0.15, 0.2) is 12.3 Å². The number of hydrogen-bond donors (Lipinski definition) is 1. The van der Waals surface area contributed by atoms with Crippen LogP contribution in [0.3, 0.4) is 0 Å². The van der Waals surface area contributed by atoms with Crippen LogP contribution in [0.4, 0.5) is 13.2 Å². The Bertz CT molecular complexity index is 420. The monoisotopic (exact) mass is 250 g/mol. The van der Waals surface area contributed by atoms with E-state index < -0.39 is 30.3 Å². The summed E-state index contributed by atoms with van der Waals surface area (Å²) < 4.78 is 40.1. The summed E-state index contributed by atoms with van der Waals surface area (Å²) in [6.45, 7) is 0.126. The molecule has 1 aromatic heterocycles. The molecule has 0 unspecified atom stereocenters. The van der Waals surface area contributed by atoms with Crippen molar-refractivity contribution < 1.29 is 27.8 Å². The Morgan fingerprint density at radius 1 is 1.47 bits per heavy atom. The maximum atomic E-state index is 11.9. The van der Waals surface area contributed by atoms with Crippen LogP contribution in [0.2, 0.25) is 0 Å². The van der Waals surface area contributed by atoms with Gasteiger partial charge in [0.1, 0.15) is 5.82 Å². The molecule has 0 spiro atoms. The predicted octanol–water partition coefficient (Wildman–Crippen LogP) is 1.68. The predicted molar refractivity (Wildman–Crippen MR) is 49.9 cm³/mol. The first kappa shape index (κ1) is 13.2. The molecule has 0 saturated heterocycles. The highest BCUT2D eigenvalue weighted by molar-refractivity contribution is 5.85. The number of aryl methyl sites for hydroxylation is 1. The van der Waals surface area contributed by atoms with Gasteiger partial charge in [-0.1, -0.05) is 6.92 Å². The first-order chi connectivity index (χ1) is 7.81. The lowest BCUT2D eigenvalue weighted by Crippen LogP contribution is -2.20. The Morgan fingerprint density at radius 3 is 2.59 bits per heavy atom. The lowest BCUT2D eigenvalue weighted by molar-refractivity contribution is -0.154. The average Bonchev–Trinajstić information content (AvgIpc) is 2.25. The quantitative estimate of drug-likeness (QED) is 0.880. The zero-order valence-electron chi connectivity index (χ0n) is 8.78. The van der Waals surface area contributed by atoms with Gasteiger partial charge in [0, 0.05) is 12.5 Å². The van der Waals surface area contributed by atoms with Crippen LogP contribution in [0.5, 0.6) is 5.88 Å². The van der Waals surface area contributed by atoms with E-state index in [1.54, 1.807) is 6.92 Å². The molecule has 0 bridgehead atoms. The molecule has 0 radical (unpaired) electrons. The third-order valence-electron chi connectivity index (χ3n) is 1.67. The fraction of sp³-hybridized carbons (Fsp3) is 0.444. The molecule has 0 aliphatic carbocycles. The first-order valence-electron chi connectivity index (χ1n) is 4.62. The number of aromatic carboxylic acids is 1. The molecule has 1 aromatic rings. The minimum absolute atomic E-state index is 0.113. The number of carbonyl (C=O) groups is 1. The van der Waals surface area contributed by atoms with Crippen molar-refractivity contribution >= 4 is 5.97 Å². The van der Waals surface area contributed by atoms with Crippen LogP contribution < -0.4 is 4.74 Å². The van der Waals surface area contributed by atoms with Gasteiger partial charge in [-0.05, 0) is 0 Å². The van der Waals surface area contributed by atoms with Crippen LogP contribution in [-0.2, 0) is 6.42 Å². The molecule has 0 amide bonds. The van der Waals surface area contributed by atoms with Crippen molar-refractivity contribution in [2.45, 2.75) is 19.5 Å². The summed E-state index contributed by atoms with van der Waals surface area (Å²) in [5, 5.41) is 8.69. The third-order valence-corrected chi connectivity index (χ3v) is 1.67. The average molecular weight is 250 g/mol. The Morgan fingerprint density at radius 2 is 2.12 bits per heavy atom. The van der Waals surface area contributed by atoms with Gasteiger partial charge in [-0.3, -0.25) is 0 Å². The summed E-state index contributed by atoms with van der Waals surface area (Å²) in [6, 6.07) is 0.854. The summed E-state index contributed by atoms with van der Waals surface area (Å²) in [4.78, 5) is 17.9. The SMILES string of the molecule is CCc1nc(OCC(F)(F)F)cc(C(=O)O)n1. The third kappa shape index (κ3) is 4.25. The highest BCUT2D eigenvalue weighted by atomic mass is 19.4. The lowest BCUT2D eigenvalue weighted by atomic mass is 10.3. The largest absolute Gasteiger partial charge is 0.477 e. The second kappa shape index (κ2) is 4.98. The van der Waals surface area contributed by atoms with Crippen molar-refractivity contribution in [2.24, 2.45) is 0 Å². The highest BCUT2D eigenvalue weighted by Gasteiger charge is 2.29. The van der Waals surface area contributed by atoms with Gasteiger partial charge < -0.3 is 9.84 Å². The number of aromatic nitrogens is 2. The van der Waals surface area contributed by atoms with Gasteiger partial charge in [0.2, 0.25) is 5.88 Å². The van der Waals surface area contributed by atoms with E-state index >= 15 is 0 Å². The molecule has 0 fully saturated rings. The molecule has 0 saturated carbocycles. The Kier molecular flexibility index (Phi) is 3.87.